The molecule has 5 nitrogen and oxygen atoms in total. The Morgan fingerprint density at radius 1 is 1.35 bits per heavy atom. The predicted molar refractivity (Wildman–Crippen MR) is 63.3 cm³/mol. The summed E-state index contributed by atoms with van der Waals surface area (Å²) in [4.78, 5) is 28.2. The van der Waals surface area contributed by atoms with E-state index < -0.39 is 0 Å². The smallest absolute Gasteiger partial charge is 0.261 e. The van der Waals surface area contributed by atoms with Crippen molar-refractivity contribution < 1.29 is 9.53 Å². The van der Waals surface area contributed by atoms with Gasteiger partial charge in [0.25, 0.3) is 11.5 Å². The van der Waals surface area contributed by atoms with E-state index >= 15 is 0 Å². The van der Waals surface area contributed by atoms with E-state index in [9.17, 15) is 9.59 Å². The number of hydrogen-bond donors (Lipinski definition) is 1. The van der Waals surface area contributed by atoms with Crippen LogP contribution < -0.4 is 5.56 Å². The number of H-pyrrole nitrogens is 1. The SMILES string of the molecule is Cc1cc(C(=O)N2CCOCC2)c(=O)[nH]c1C. The summed E-state index contributed by atoms with van der Waals surface area (Å²) in [7, 11) is 0. The lowest BCUT2D eigenvalue weighted by Gasteiger charge is -2.26. The van der Waals surface area contributed by atoms with Crippen molar-refractivity contribution in [2.24, 2.45) is 0 Å². The summed E-state index contributed by atoms with van der Waals surface area (Å²) in [6, 6.07) is 1.66. The molecule has 1 aromatic heterocycles. The van der Waals surface area contributed by atoms with E-state index in [2.05, 4.69) is 4.98 Å². The third-order valence-electron chi connectivity index (χ3n) is 3.03. The van der Waals surface area contributed by atoms with Crippen molar-refractivity contribution in [3.8, 4) is 0 Å². The van der Waals surface area contributed by atoms with Crippen LogP contribution >= 0.6 is 0 Å². The highest BCUT2D eigenvalue weighted by Gasteiger charge is 2.21. The number of amides is 1. The van der Waals surface area contributed by atoms with Gasteiger partial charge < -0.3 is 14.6 Å². The number of rotatable bonds is 1. The maximum absolute atomic E-state index is 12.1. The molecule has 2 rings (SSSR count). The molecule has 1 aromatic rings. The van der Waals surface area contributed by atoms with Gasteiger partial charge in [-0.05, 0) is 25.5 Å². The molecular weight excluding hydrogens is 220 g/mol. The van der Waals surface area contributed by atoms with Crippen LogP contribution in [0.3, 0.4) is 0 Å². The first-order valence-corrected chi connectivity index (χ1v) is 5.67. The van der Waals surface area contributed by atoms with Gasteiger partial charge >= 0.3 is 0 Å². The van der Waals surface area contributed by atoms with E-state index in [0.29, 0.717) is 26.3 Å². The second-order valence-electron chi connectivity index (χ2n) is 4.22. The quantitative estimate of drug-likeness (QED) is 0.770. The van der Waals surface area contributed by atoms with Gasteiger partial charge in [-0.25, -0.2) is 0 Å². The summed E-state index contributed by atoms with van der Waals surface area (Å²) in [5.41, 5.74) is 1.62. The number of nitrogens with zero attached hydrogens (tertiary/aromatic N) is 1. The van der Waals surface area contributed by atoms with E-state index in [-0.39, 0.29) is 17.0 Å². The van der Waals surface area contributed by atoms with E-state index in [1.165, 1.54) is 0 Å². The standard InChI is InChI=1S/C12H16N2O3/c1-8-7-10(11(15)13-9(8)2)12(16)14-3-5-17-6-4-14/h7H,3-6H2,1-2H3,(H,13,15). The van der Waals surface area contributed by atoms with Crippen LogP contribution in [0.5, 0.6) is 0 Å². The first-order chi connectivity index (χ1) is 8.09. The van der Waals surface area contributed by atoms with E-state index in [1.54, 1.807) is 11.0 Å². The second-order valence-corrected chi connectivity index (χ2v) is 4.22. The molecule has 1 aliphatic rings. The number of morpholine rings is 1. The number of aromatic amines is 1. The summed E-state index contributed by atoms with van der Waals surface area (Å²) in [5, 5.41) is 0. The molecule has 5 heteroatoms. The summed E-state index contributed by atoms with van der Waals surface area (Å²) in [6.07, 6.45) is 0. The highest BCUT2D eigenvalue weighted by Crippen LogP contribution is 2.07. The largest absolute Gasteiger partial charge is 0.378 e. The van der Waals surface area contributed by atoms with Crippen molar-refractivity contribution in [2.75, 3.05) is 26.3 Å². The van der Waals surface area contributed by atoms with Crippen LogP contribution in [-0.2, 0) is 4.74 Å². The van der Waals surface area contributed by atoms with E-state index in [1.807, 2.05) is 13.8 Å². The van der Waals surface area contributed by atoms with Crippen LogP contribution in [0.15, 0.2) is 10.9 Å². The van der Waals surface area contributed by atoms with Crippen LogP contribution in [0.4, 0.5) is 0 Å². The molecule has 0 spiro atoms. The Labute approximate surface area is 99.4 Å². The Morgan fingerprint density at radius 2 is 2.00 bits per heavy atom. The molecule has 1 N–H and O–H groups in total. The first-order valence-electron chi connectivity index (χ1n) is 5.67. The highest BCUT2D eigenvalue weighted by atomic mass is 16.5. The number of hydrogen-bond acceptors (Lipinski definition) is 3. The normalized spacial score (nSPS) is 16.0. The van der Waals surface area contributed by atoms with Crippen molar-refractivity contribution in [1.29, 1.82) is 0 Å². The van der Waals surface area contributed by atoms with Gasteiger partial charge in [0.1, 0.15) is 5.56 Å². The third kappa shape index (κ3) is 2.39. The molecular formula is C12H16N2O3. The summed E-state index contributed by atoms with van der Waals surface area (Å²) in [6.45, 7) is 5.86. The predicted octanol–water partition coefficient (Wildman–Crippen LogP) is 0.464. The van der Waals surface area contributed by atoms with E-state index in [4.69, 9.17) is 4.74 Å². The molecule has 1 aliphatic heterocycles. The number of ether oxygens (including phenoxy) is 1. The zero-order chi connectivity index (χ0) is 12.4. The zero-order valence-electron chi connectivity index (χ0n) is 10.1. The molecule has 0 unspecified atom stereocenters. The minimum Gasteiger partial charge on any atom is -0.378 e. The topological polar surface area (TPSA) is 62.4 Å². The highest BCUT2D eigenvalue weighted by molar-refractivity contribution is 5.94. The molecule has 2 heterocycles. The third-order valence-corrected chi connectivity index (χ3v) is 3.03. The molecule has 92 valence electrons. The molecule has 0 aliphatic carbocycles. The van der Waals surface area contributed by atoms with Gasteiger partial charge in [0.05, 0.1) is 13.2 Å². The molecule has 1 saturated heterocycles. The van der Waals surface area contributed by atoms with Gasteiger partial charge in [-0.1, -0.05) is 0 Å². The number of aromatic nitrogens is 1. The number of pyridine rings is 1. The van der Waals surface area contributed by atoms with Crippen LogP contribution in [0.1, 0.15) is 21.6 Å². The summed E-state index contributed by atoms with van der Waals surface area (Å²) in [5.74, 6) is -0.211. The minimum absolute atomic E-state index is 0.211. The lowest BCUT2D eigenvalue weighted by molar-refractivity contribution is 0.0301. The number of nitrogens with one attached hydrogen (secondary N) is 1. The summed E-state index contributed by atoms with van der Waals surface area (Å²) >= 11 is 0. The Morgan fingerprint density at radius 3 is 2.65 bits per heavy atom. The molecule has 0 bridgehead atoms. The zero-order valence-corrected chi connectivity index (χ0v) is 10.1. The second kappa shape index (κ2) is 4.71. The lowest BCUT2D eigenvalue weighted by atomic mass is 10.1. The van der Waals surface area contributed by atoms with Gasteiger partial charge in [0.15, 0.2) is 0 Å². The molecule has 0 radical (unpaired) electrons. The van der Waals surface area contributed by atoms with Gasteiger partial charge in [-0.2, -0.15) is 0 Å². The van der Waals surface area contributed by atoms with Crippen LogP contribution in [0.25, 0.3) is 0 Å². The Kier molecular flexibility index (Phi) is 3.28. The maximum Gasteiger partial charge on any atom is 0.261 e. The first kappa shape index (κ1) is 11.9. The Bertz CT molecular complexity index is 487. The fraction of sp³-hybridized carbons (Fsp3) is 0.500. The fourth-order valence-electron chi connectivity index (χ4n) is 1.82. The van der Waals surface area contributed by atoms with Crippen molar-refractivity contribution in [2.45, 2.75) is 13.8 Å². The van der Waals surface area contributed by atoms with Crippen LogP contribution in [-0.4, -0.2) is 42.1 Å². The van der Waals surface area contributed by atoms with Gasteiger partial charge in [0, 0.05) is 18.8 Å². The van der Waals surface area contributed by atoms with Crippen molar-refractivity contribution in [1.82, 2.24) is 9.88 Å². The number of aryl methyl sites for hydroxylation is 2. The van der Waals surface area contributed by atoms with Gasteiger partial charge in [0.2, 0.25) is 0 Å². The van der Waals surface area contributed by atoms with Crippen molar-refractivity contribution >= 4 is 5.91 Å². The minimum atomic E-state index is -0.315. The van der Waals surface area contributed by atoms with Crippen molar-refractivity contribution in [3.05, 3.63) is 33.2 Å². The molecule has 0 atom stereocenters. The van der Waals surface area contributed by atoms with Gasteiger partial charge in [-0.15, -0.1) is 0 Å². The number of carbonyl (C=O) groups is 1. The average molecular weight is 236 g/mol. The molecule has 0 saturated carbocycles. The Hall–Kier alpha value is -1.62. The average Bonchev–Trinajstić information content (AvgIpc) is 2.34. The Balaban J connectivity index is 2.30. The lowest BCUT2D eigenvalue weighted by Crippen LogP contribution is -2.42. The fourth-order valence-corrected chi connectivity index (χ4v) is 1.82. The van der Waals surface area contributed by atoms with Gasteiger partial charge in [-0.3, -0.25) is 9.59 Å². The maximum atomic E-state index is 12.1. The number of carbonyl (C=O) groups excluding carboxylic acids is 1. The van der Waals surface area contributed by atoms with E-state index in [0.717, 1.165) is 11.3 Å². The molecule has 0 aromatic carbocycles. The monoisotopic (exact) mass is 236 g/mol. The van der Waals surface area contributed by atoms with Crippen molar-refractivity contribution in [3.63, 3.8) is 0 Å². The van der Waals surface area contributed by atoms with Crippen LogP contribution in [0, 0.1) is 13.8 Å². The summed E-state index contributed by atoms with van der Waals surface area (Å²) < 4.78 is 5.18. The molecule has 1 amide bonds. The molecule has 17 heavy (non-hydrogen) atoms. The van der Waals surface area contributed by atoms with Crippen LogP contribution in [0.2, 0.25) is 0 Å². The molecule has 1 fully saturated rings.